The number of carboxylic acids is 2. The lowest BCUT2D eigenvalue weighted by molar-refractivity contribution is -0.913. The lowest BCUT2D eigenvalue weighted by Gasteiger charge is -2.41. The third-order valence-electron chi connectivity index (χ3n) is 13.0. The van der Waals surface area contributed by atoms with Crippen LogP contribution in [0.5, 0.6) is 0 Å². The molecule has 3 fully saturated rings. The molecule has 4 N–H and O–H groups in total. The number of nitrogens with one attached hydrogen (secondary N) is 3. The first-order valence-corrected chi connectivity index (χ1v) is 21.2. The Morgan fingerprint density at radius 3 is 2.11 bits per heavy atom. The molecule has 1 aromatic carbocycles. The van der Waals surface area contributed by atoms with Gasteiger partial charge in [-0.2, -0.15) is 13.2 Å². The van der Waals surface area contributed by atoms with Gasteiger partial charge in [-0.05, 0) is 43.1 Å². The summed E-state index contributed by atoms with van der Waals surface area (Å²) in [4.78, 5) is 81.2. The van der Waals surface area contributed by atoms with Crippen molar-refractivity contribution in [2.45, 2.75) is 141 Å². The summed E-state index contributed by atoms with van der Waals surface area (Å²) in [6, 6.07) is 6.77. The molecule has 3 aliphatic rings. The summed E-state index contributed by atoms with van der Waals surface area (Å²) in [5.41, 5.74) is 0.790. The number of likely N-dealkylation sites (tertiary alicyclic amines) is 2. The number of quaternary nitrogens is 1. The molecule has 18 heteroatoms. The Balaban J connectivity index is 0.00000130. The molecule has 2 saturated heterocycles. The molecule has 1 aliphatic carbocycles. The minimum absolute atomic E-state index is 0.00675. The molecule has 12 atom stereocenters. The zero-order valence-corrected chi connectivity index (χ0v) is 36.8. The standard InChI is InChI=1S/C41H65N5O8.C2HF3O2/c1-10-25(4)35(45(7)40(50)34(24(2)3)43-39(49)36-28-18-19-29(22-28)44(36)6)32(53-8)23-33(47)46-20-14-17-31(46)37(54-9)26(5)38(48)42-30(41(51)52)21-27-15-12-11-13-16-27;3-2(4,5)1(6)7/h11-13,15-16,24-26,28-32,34-37H,10,14,17-23H2,1-9H3,(H,42,48)(H,43,49)(H,51,52);(H,6,7)/t25-,26+,28?,29?,30-,31-,32+,34-,35-,36?,37+;/m0./s1. The zero-order chi connectivity index (χ0) is 45.9. The van der Waals surface area contributed by atoms with Crippen LogP contribution >= 0.6 is 0 Å². The molecule has 4 rings (SSSR count). The number of aliphatic carboxylic acids is 2. The molecule has 15 nitrogen and oxygen atoms in total. The van der Waals surface area contributed by atoms with E-state index in [1.807, 2.05) is 58.0 Å². The van der Waals surface area contributed by atoms with Crippen LogP contribution in [0.25, 0.3) is 0 Å². The van der Waals surface area contributed by atoms with Crippen LogP contribution in [0, 0.1) is 23.7 Å². The number of piperidine rings is 1. The van der Waals surface area contributed by atoms with Crippen molar-refractivity contribution in [2.75, 3.05) is 34.9 Å². The van der Waals surface area contributed by atoms with Crippen LogP contribution in [0.2, 0.25) is 0 Å². The van der Waals surface area contributed by atoms with Crippen molar-refractivity contribution in [3.8, 4) is 0 Å². The number of hydrogen-bond acceptors (Lipinski definition) is 9. The van der Waals surface area contributed by atoms with E-state index >= 15 is 0 Å². The van der Waals surface area contributed by atoms with Crippen molar-refractivity contribution in [1.29, 1.82) is 0 Å². The lowest BCUT2D eigenvalue weighted by atomic mass is 9.89. The number of benzene rings is 1. The molecule has 4 unspecified atom stereocenters. The lowest BCUT2D eigenvalue weighted by Crippen LogP contribution is -3.16. The van der Waals surface area contributed by atoms with E-state index in [-0.39, 0.29) is 48.4 Å². The average molecular weight is 870 g/mol. The van der Waals surface area contributed by atoms with Crippen LogP contribution in [0.15, 0.2) is 30.3 Å². The van der Waals surface area contributed by atoms with Crippen LogP contribution in [0.3, 0.4) is 0 Å². The molecule has 0 spiro atoms. The van der Waals surface area contributed by atoms with Crippen LogP contribution in [0.1, 0.15) is 85.1 Å². The number of carboxylic acid groups (broad SMARTS) is 2. The van der Waals surface area contributed by atoms with E-state index in [1.54, 1.807) is 30.9 Å². The highest BCUT2D eigenvalue weighted by atomic mass is 19.4. The molecule has 2 heterocycles. The maximum Gasteiger partial charge on any atom is 0.430 e. The predicted octanol–water partition coefficient (Wildman–Crippen LogP) is 1.22. The van der Waals surface area contributed by atoms with Crippen molar-refractivity contribution < 1.29 is 66.5 Å². The monoisotopic (exact) mass is 869 g/mol. The van der Waals surface area contributed by atoms with Gasteiger partial charge in [-0.25, -0.2) is 4.79 Å². The number of halogens is 3. The second kappa shape index (κ2) is 22.7. The minimum atomic E-state index is -5.19. The highest BCUT2D eigenvalue weighted by Crippen LogP contribution is 2.32. The van der Waals surface area contributed by atoms with Gasteiger partial charge in [0, 0.05) is 46.6 Å². The van der Waals surface area contributed by atoms with E-state index in [1.165, 1.54) is 12.0 Å². The predicted molar refractivity (Wildman–Crippen MR) is 215 cm³/mol. The SMILES string of the molecule is CC[C@H](C)[C@@H]([C@@H](CC(=O)N1CCC[C@H]1[C@H](OC)[C@@H](C)C(=O)N[C@@H](Cc1ccccc1)C(=O)O)OC)N(C)C(=O)[C@@H](NC(=O)C1C2CCC(C2)[NH+]1C)C(C)C.O=C([O-])C(F)(F)F. The van der Waals surface area contributed by atoms with Crippen molar-refractivity contribution in [3.05, 3.63) is 35.9 Å². The summed E-state index contributed by atoms with van der Waals surface area (Å²) < 4.78 is 43.5. The quantitative estimate of drug-likeness (QED) is 0.157. The number of alkyl halides is 3. The maximum absolute atomic E-state index is 14.3. The Labute approximate surface area is 357 Å². The molecule has 61 heavy (non-hydrogen) atoms. The van der Waals surface area contributed by atoms with Crippen LogP contribution in [-0.4, -0.2) is 140 Å². The molecule has 344 valence electrons. The van der Waals surface area contributed by atoms with Gasteiger partial charge < -0.3 is 49.8 Å². The van der Waals surface area contributed by atoms with E-state index in [0.717, 1.165) is 37.7 Å². The van der Waals surface area contributed by atoms with Crippen LogP contribution < -0.4 is 20.6 Å². The molecule has 1 aromatic rings. The van der Waals surface area contributed by atoms with Gasteiger partial charge in [-0.3, -0.25) is 19.2 Å². The smallest absolute Gasteiger partial charge is 0.430 e. The van der Waals surface area contributed by atoms with E-state index in [4.69, 9.17) is 19.4 Å². The fourth-order valence-electron chi connectivity index (χ4n) is 9.41. The number of amides is 4. The van der Waals surface area contributed by atoms with Crippen molar-refractivity contribution >= 4 is 35.6 Å². The Morgan fingerprint density at radius 2 is 1.62 bits per heavy atom. The number of carbonyl (C=O) groups is 6. The first-order chi connectivity index (χ1) is 28.6. The van der Waals surface area contributed by atoms with E-state index < -0.39 is 66.3 Å². The second-order valence-corrected chi connectivity index (χ2v) is 17.2. The van der Waals surface area contributed by atoms with Gasteiger partial charge in [0.25, 0.3) is 5.91 Å². The molecule has 2 aliphatic heterocycles. The highest BCUT2D eigenvalue weighted by Gasteiger charge is 2.52. The number of nitrogens with zero attached hydrogens (tertiary/aromatic N) is 2. The number of fused-ring (bicyclic) bond motifs is 2. The van der Waals surface area contributed by atoms with Gasteiger partial charge in [0.2, 0.25) is 17.7 Å². The number of carbonyl (C=O) groups excluding carboxylic acids is 5. The first kappa shape index (κ1) is 51.1. The summed E-state index contributed by atoms with van der Waals surface area (Å²) in [5, 5.41) is 24.5. The van der Waals surface area contributed by atoms with E-state index in [2.05, 4.69) is 17.7 Å². The Morgan fingerprint density at radius 1 is 1.00 bits per heavy atom. The van der Waals surface area contributed by atoms with Crippen molar-refractivity contribution in [1.82, 2.24) is 20.4 Å². The molecule has 1 saturated carbocycles. The topological polar surface area (TPSA) is 199 Å². The van der Waals surface area contributed by atoms with E-state index in [9.17, 15) is 42.3 Å². The zero-order valence-electron chi connectivity index (χ0n) is 36.8. The maximum atomic E-state index is 14.3. The summed E-state index contributed by atoms with van der Waals surface area (Å²) in [6.07, 6.45) is -1.04. The number of rotatable bonds is 19. The van der Waals surface area contributed by atoms with Gasteiger partial charge in [0.15, 0.2) is 6.04 Å². The number of hydrogen-bond donors (Lipinski definition) is 4. The van der Waals surface area contributed by atoms with Crippen molar-refractivity contribution in [3.63, 3.8) is 0 Å². The van der Waals surface area contributed by atoms with Crippen LogP contribution in [0.4, 0.5) is 13.2 Å². The Hall–Kier alpha value is -4.29. The fraction of sp³-hybridized carbons (Fsp3) is 0.721. The van der Waals surface area contributed by atoms with Gasteiger partial charge in [0.05, 0.1) is 49.7 Å². The highest BCUT2D eigenvalue weighted by molar-refractivity contribution is 5.90. The summed E-state index contributed by atoms with van der Waals surface area (Å²) >= 11 is 0. The first-order valence-electron chi connectivity index (χ1n) is 21.2. The second-order valence-electron chi connectivity index (χ2n) is 17.2. The summed E-state index contributed by atoms with van der Waals surface area (Å²) in [7, 11) is 6.89. The van der Waals surface area contributed by atoms with Gasteiger partial charge in [0.1, 0.15) is 18.1 Å². The fourth-order valence-corrected chi connectivity index (χ4v) is 9.41. The molecule has 2 bridgehead atoms. The normalized spacial score (nSPS) is 24.3. The van der Waals surface area contributed by atoms with Gasteiger partial charge >= 0.3 is 12.1 Å². The van der Waals surface area contributed by atoms with E-state index in [0.29, 0.717) is 24.9 Å². The minimum Gasteiger partial charge on any atom is -0.542 e. The average Bonchev–Trinajstić information content (AvgIpc) is 3.97. The number of methoxy groups -OCH3 is 2. The van der Waals surface area contributed by atoms with Gasteiger partial charge in [-0.15, -0.1) is 0 Å². The number of likely N-dealkylation sites (N-methyl/N-ethyl adjacent to an activating group) is 2. The molecular formula is C43H66F3N5O10. The Kier molecular flexibility index (Phi) is 19.0. The third-order valence-corrected chi connectivity index (χ3v) is 13.0. The number of ether oxygens (including phenoxy) is 2. The molecule has 0 aromatic heterocycles. The largest absolute Gasteiger partial charge is 0.542 e. The molecule has 0 radical (unpaired) electrons. The van der Waals surface area contributed by atoms with Crippen molar-refractivity contribution in [2.24, 2.45) is 23.7 Å². The molecular weight excluding hydrogens is 803 g/mol. The Bertz CT molecular complexity index is 1650. The third kappa shape index (κ3) is 13.1. The summed E-state index contributed by atoms with van der Waals surface area (Å²) in [6.45, 7) is 10.1. The van der Waals surface area contributed by atoms with Crippen LogP contribution in [-0.2, 0) is 44.7 Å². The summed E-state index contributed by atoms with van der Waals surface area (Å²) in [5.74, 6) is -5.61. The molecule has 4 amide bonds. The van der Waals surface area contributed by atoms with Gasteiger partial charge in [-0.1, -0.05) is 71.4 Å².